The van der Waals surface area contributed by atoms with Gasteiger partial charge in [0, 0.05) is 23.7 Å². The number of ketones is 1. The molecule has 0 saturated heterocycles. The predicted molar refractivity (Wildman–Crippen MR) is 67.9 cm³/mol. The summed E-state index contributed by atoms with van der Waals surface area (Å²) in [5, 5.41) is 21.0. The molecule has 0 spiro atoms. The standard InChI is InChI=1S/C15H22O3/c1-8-11(16)7-15(18)5-9-10(14(8,15)4)6-13(2,3)12(9)17/h8,11,16,18H,5-7H2,1-4H3/t8-,11+,14-,15+/m0/s1. The van der Waals surface area contributed by atoms with Gasteiger partial charge in [-0.3, -0.25) is 4.79 Å². The van der Waals surface area contributed by atoms with E-state index in [-0.39, 0.29) is 17.1 Å². The highest BCUT2D eigenvalue weighted by Crippen LogP contribution is 2.66. The van der Waals surface area contributed by atoms with Crippen LogP contribution in [0.1, 0.15) is 47.0 Å². The molecule has 18 heavy (non-hydrogen) atoms. The Kier molecular flexibility index (Phi) is 2.11. The highest BCUT2D eigenvalue weighted by atomic mass is 16.3. The summed E-state index contributed by atoms with van der Waals surface area (Å²) in [6.45, 7) is 7.98. The van der Waals surface area contributed by atoms with Crippen molar-refractivity contribution in [2.75, 3.05) is 0 Å². The maximum atomic E-state index is 12.4. The lowest BCUT2D eigenvalue weighted by molar-refractivity contribution is -0.123. The van der Waals surface area contributed by atoms with Gasteiger partial charge in [0.15, 0.2) is 5.78 Å². The number of aliphatic hydroxyl groups excluding tert-OH is 1. The van der Waals surface area contributed by atoms with Crippen LogP contribution in [0.3, 0.4) is 0 Å². The van der Waals surface area contributed by atoms with Crippen LogP contribution in [0, 0.1) is 16.7 Å². The Morgan fingerprint density at radius 1 is 1.22 bits per heavy atom. The van der Waals surface area contributed by atoms with Gasteiger partial charge >= 0.3 is 0 Å². The molecular formula is C15H22O3. The highest BCUT2D eigenvalue weighted by Gasteiger charge is 2.67. The van der Waals surface area contributed by atoms with E-state index in [0.717, 1.165) is 17.6 Å². The Morgan fingerprint density at radius 2 is 1.83 bits per heavy atom. The van der Waals surface area contributed by atoms with Crippen molar-refractivity contribution >= 4 is 5.78 Å². The first-order chi connectivity index (χ1) is 8.13. The molecule has 3 nitrogen and oxygen atoms in total. The zero-order valence-corrected chi connectivity index (χ0v) is 11.6. The summed E-state index contributed by atoms with van der Waals surface area (Å²) in [6.07, 6.45) is 1.10. The van der Waals surface area contributed by atoms with E-state index in [2.05, 4.69) is 0 Å². The van der Waals surface area contributed by atoms with E-state index < -0.39 is 17.1 Å². The second-order valence-corrected chi connectivity index (χ2v) is 7.32. The van der Waals surface area contributed by atoms with Crippen molar-refractivity contribution < 1.29 is 15.0 Å². The van der Waals surface area contributed by atoms with Crippen LogP contribution < -0.4 is 0 Å². The molecule has 2 N–H and O–H groups in total. The molecule has 0 radical (unpaired) electrons. The van der Waals surface area contributed by atoms with Crippen LogP contribution in [0.5, 0.6) is 0 Å². The number of fused-ring (bicyclic) bond motifs is 2. The van der Waals surface area contributed by atoms with Gasteiger partial charge in [-0.1, -0.05) is 33.3 Å². The second-order valence-electron chi connectivity index (χ2n) is 7.32. The minimum Gasteiger partial charge on any atom is -0.393 e. The zero-order chi connectivity index (χ0) is 13.5. The van der Waals surface area contributed by atoms with Crippen LogP contribution in [-0.2, 0) is 4.79 Å². The summed E-state index contributed by atoms with van der Waals surface area (Å²) < 4.78 is 0. The molecule has 100 valence electrons. The van der Waals surface area contributed by atoms with Crippen LogP contribution in [0.4, 0.5) is 0 Å². The predicted octanol–water partition coefficient (Wildman–Crippen LogP) is 1.82. The fourth-order valence-corrected chi connectivity index (χ4v) is 4.51. The lowest BCUT2D eigenvalue weighted by atomic mass is 9.67. The largest absolute Gasteiger partial charge is 0.393 e. The van der Waals surface area contributed by atoms with Crippen molar-refractivity contribution in [2.45, 2.75) is 58.7 Å². The minimum atomic E-state index is -0.914. The summed E-state index contributed by atoms with van der Waals surface area (Å²) >= 11 is 0. The Hall–Kier alpha value is -0.670. The Balaban J connectivity index is 2.12. The van der Waals surface area contributed by atoms with Gasteiger partial charge in [0.05, 0.1) is 11.7 Å². The molecule has 0 aromatic rings. The molecule has 3 rings (SSSR count). The summed E-state index contributed by atoms with van der Waals surface area (Å²) in [5.74, 6) is 0.208. The maximum absolute atomic E-state index is 12.4. The van der Waals surface area contributed by atoms with E-state index in [1.54, 1.807) is 0 Å². The number of hydrogen-bond acceptors (Lipinski definition) is 3. The molecule has 0 aromatic carbocycles. The van der Waals surface area contributed by atoms with Crippen molar-refractivity contribution in [3.63, 3.8) is 0 Å². The molecule has 0 bridgehead atoms. The number of Topliss-reactive ketones (excluding diaryl/α,β-unsaturated/α-hetero) is 1. The molecular weight excluding hydrogens is 228 g/mol. The molecule has 1 saturated carbocycles. The fourth-order valence-electron chi connectivity index (χ4n) is 4.51. The summed E-state index contributed by atoms with van der Waals surface area (Å²) in [4.78, 5) is 12.4. The molecule has 0 unspecified atom stereocenters. The first-order valence-electron chi connectivity index (χ1n) is 6.81. The average Bonchev–Trinajstić information content (AvgIpc) is 2.67. The molecule has 0 aliphatic heterocycles. The number of rotatable bonds is 0. The van der Waals surface area contributed by atoms with Gasteiger partial charge in [-0.25, -0.2) is 0 Å². The first-order valence-corrected chi connectivity index (χ1v) is 6.81. The molecule has 0 aromatic heterocycles. The lowest BCUT2D eigenvalue weighted by Gasteiger charge is -2.40. The third-order valence-corrected chi connectivity index (χ3v) is 5.97. The average molecular weight is 250 g/mol. The number of carbonyl (C=O) groups excluding carboxylic acids is 1. The van der Waals surface area contributed by atoms with Crippen molar-refractivity contribution in [3.8, 4) is 0 Å². The van der Waals surface area contributed by atoms with E-state index in [1.165, 1.54) is 0 Å². The van der Waals surface area contributed by atoms with Gasteiger partial charge in [0.25, 0.3) is 0 Å². The SMILES string of the molecule is C[C@H]1[C@H](O)C[C@]2(O)CC3=C(CC(C)(C)C3=O)[C@]12C. The van der Waals surface area contributed by atoms with Crippen LogP contribution in [0.2, 0.25) is 0 Å². The van der Waals surface area contributed by atoms with E-state index in [1.807, 2.05) is 27.7 Å². The molecule has 3 aliphatic rings. The molecule has 3 heteroatoms. The highest BCUT2D eigenvalue weighted by molar-refractivity contribution is 6.04. The first kappa shape index (κ1) is 12.4. The van der Waals surface area contributed by atoms with Crippen LogP contribution in [-0.4, -0.2) is 27.7 Å². The van der Waals surface area contributed by atoms with Gasteiger partial charge in [-0.05, 0) is 17.9 Å². The number of hydrogen-bond donors (Lipinski definition) is 2. The Morgan fingerprint density at radius 3 is 2.44 bits per heavy atom. The van der Waals surface area contributed by atoms with Crippen molar-refractivity contribution in [3.05, 3.63) is 11.1 Å². The third-order valence-electron chi connectivity index (χ3n) is 5.97. The van der Waals surface area contributed by atoms with Gasteiger partial charge in [-0.15, -0.1) is 0 Å². The topological polar surface area (TPSA) is 57.5 Å². The fraction of sp³-hybridized carbons (Fsp3) is 0.800. The molecule has 1 fully saturated rings. The maximum Gasteiger partial charge on any atom is 0.164 e. The van der Waals surface area contributed by atoms with Gasteiger partial charge < -0.3 is 10.2 Å². The van der Waals surface area contributed by atoms with E-state index in [0.29, 0.717) is 12.8 Å². The number of carbonyl (C=O) groups is 1. The molecule has 3 aliphatic carbocycles. The second kappa shape index (κ2) is 3.07. The van der Waals surface area contributed by atoms with E-state index in [4.69, 9.17) is 0 Å². The smallest absolute Gasteiger partial charge is 0.164 e. The van der Waals surface area contributed by atoms with Crippen molar-refractivity contribution in [1.29, 1.82) is 0 Å². The van der Waals surface area contributed by atoms with Crippen molar-refractivity contribution in [1.82, 2.24) is 0 Å². The van der Waals surface area contributed by atoms with Crippen LogP contribution >= 0.6 is 0 Å². The Bertz CT molecular complexity index is 476. The van der Waals surface area contributed by atoms with Crippen molar-refractivity contribution in [2.24, 2.45) is 16.7 Å². The normalized spacial score (nSPS) is 49.8. The number of aliphatic hydroxyl groups is 2. The van der Waals surface area contributed by atoms with Crippen LogP contribution in [0.15, 0.2) is 11.1 Å². The molecule has 0 amide bonds. The van der Waals surface area contributed by atoms with Crippen LogP contribution in [0.25, 0.3) is 0 Å². The third kappa shape index (κ3) is 1.11. The quantitative estimate of drug-likeness (QED) is 0.689. The Labute approximate surface area is 108 Å². The summed E-state index contributed by atoms with van der Waals surface area (Å²) in [7, 11) is 0. The zero-order valence-electron chi connectivity index (χ0n) is 11.6. The monoisotopic (exact) mass is 250 g/mol. The van der Waals surface area contributed by atoms with Gasteiger partial charge in [0.2, 0.25) is 0 Å². The summed E-state index contributed by atoms with van der Waals surface area (Å²) in [5.41, 5.74) is 0.295. The lowest BCUT2D eigenvalue weighted by Crippen LogP contribution is -2.43. The van der Waals surface area contributed by atoms with E-state index in [9.17, 15) is 15.0 Å². The van der Waals surface area contributed by atoms with Gasteiger partial charge in [0.1, 0.15) is 0 Å². The minimum absolute atomic E-state index is 0.0108. The van der Waals surface area contributed by atoms with E-state index >= 15 is 0 Å². The molecule has 0 heterocycles. The summed E-state index contributed by atoms with van der Waals surface area (Å²) in [6, 6.07) is 0. The molecule has 4 atom stereocenters. The van der Waals surface area contributed by atoms with Gasteiger partial charge in [-0.2, -0.15) is 0 Å².